The first kappa shape index (κ1) is 15.9. The number of nitrogens with zero attached hydrogens (tertiary/aromatic N) is 1. The average molecular weight is 343 g/mol. The number of nitrogens with two attached hydrogens (primary N) is 1. The van der Waals surface area contributed by atoms with Gasteiger partial charge in [-0.15, -0.1) is 0 Å². The van der Waals surface area contributed by atoms with Crippen molar-refractivity contribution in [2.75, 3.05) is 13.1 Å². The van der Waals surface area contributed by atoms with Gasteiger partial charge in [0, 0.05) is 17.1 Å². The second-order valence-corrected chi connectivity index (χ2v) is 6.50. The summed E-state index contributed by atoms with van der Waals surface area (Å²) in [5.41, 5.74) is 6.96. The van der Waals surface area contributed by atoms with Gasteiger partial charge in [-0.05, 0) is 55.6 Å². The topological polar surface area (TPSA) is 29.3 Å². The standard InChI is InChI=1S/C16H24BrFN2/c1-2-20(16-6-4-3-5-12(16)10-19)11-13-9-14(18)7-8-15(13)17/h7-9,12,16H,2-6,10-11,19H2,1H3. The lowest BCUT2D eigenvalue weighted by Crippen LogP contribution is -2.44. The SMILES string of the molecule is CCN(Cc1cc(F)ccc1Br)C1CCCCC1CN. The Balaban J connectivity index is 2.13. The summed E-state index contributed by atoms with van der Waals surface area (Å²) in [6.45, 7) is 4.70. The van der Waals surface area contributed by atoms with Gasteiger partial charge in [-0.3, -0.25) is 4.90 Å². The number of hydrogen-bond acceptors (Lipinski definition) is 2. The third-order valence-corrected chi connectivity index (χ3v) is 5.20. The Kier molecular flexibility index (Phi) is 6.00. The smallest absolute Gasteiger partial charge is 0.123 e. The molecule has 2 atom stereocenters. The number of halogens is 2. The van der Waals surface area contributed by atoms with E-state index >= 15 is 0 Å². The van der Waals surface area contributed by atoms with E-state index in [1.54, 1.807) is 12.1 Å². The van der Waals surface area contributed by atoms with E-state index in [1.165, 1.54) is 31.7 Å². The van der Waals surface area contributed by atoms with Crippen molar-refractivity contribution in [3.8, 4) is 0 Å². The van der Waals surface area contributed by atoms with Gasteiger partial charge in [0.1, 0.15) is 5.82 Å². The summed E-state index contributed by atoms with van der Waals surface area (Å²) in [5, 5.41) is 0. The van der Waals surface area contributed by atoms with Crippen LogP contribution in [-0.4, -0.2) is 24.0 Å². The number of hydrogen-bond donors (Lipinski definition) is 1. The lowest BCUT2D eigenvalue weighted by molar-refractivity contribution is 0.105. The molecule has 0 saturated heterocycles. The molecule has 0 heterocycles. The van der Waals surface area contributed by atoms with Crippen LogP contribution < -0.4 is 5.73 Å². The van der Waals surface area contributed by atoms with Crippen LogP contribution in [0, 0.1) is 11.7 Å². The van der Waals surface area contributed by atoms with E-state index in [1.807, 2.05) is 0 Å². The molecule has 1 aliphatic carbocycles. The Hall–Kier alpha value is -0.450. The predicted molar refractivity (Wildman–Crippen MR) is 85.0 cm³/mol. The first-order valence-corrected chi connectivity index (χ1v) is 8.33. The molecule has 0 spiro atoms. The molecule has 0 bridgehead atoms. The van der Waals surface area contributed by atoms with Crippen LogP contribution in [0.1, 0.15) is 38.2 Å². The zero-order valence-electron chi connectivity index (χ0n) is 12.1. The van der Waals surface area contributed by atoms with Crippen LogP contribution >= 0.6 is 15.9 Å². The van der Waals surface area contributed by atoms with E-state index in [0.717, 1.165) is 29.7 Å². The van der Waals surface area contributed by atoms with Gasteiger partial charge in [-0.1, -0.05) is 35.7 Å². The summed E-state index contributed by atoms with van der Waals surface area (Å²) in [4.78, 5) is 2.45. The summed E-state index contributed by atoms with van der Waals surface area (Å²) < 4.78 is 14.4. The van der Waals surface area contributed by atoms with Crippen LogP contribution in [0.25, 0.3) is 0 Å². The summed E-state index contributed by atoms with van der Waals surface area (Å²) in [6.07, 6.45) is 5.01. The minimum atomic E-state index is -0.168. The lowest BCUT2D eigenvalue weighted by atomic mass is 9.83. The van der Waals surface area contributed by atoms with Crippen molar-refractivity contribution < 1.29 is 4.39 Å². The zero-order chi connectivity index (χ0) is 14.5. The highest BCUT2D eigenvalue weighted by atomic mass is 79.9. The van der Waals surface area contributed by atoms with E-state index in [2.05, 4.69) is 27.8 Å². The molecule has 112 valence electrons. The molecule has 20 heavy (non-hydrogen) atoms. The fraction of sp³-hybridized carbons (Fsp3) is 0.625. The maximum absolute atomic E-state index is 13.4. The number of benzene rings is 1. The summed E-state index contributed by atoms with van der Waals surface area (Å²) in [6, 6.07) is 5.45. The second-order valence-electron chi connectivity index (χ2n) is 5.65. The molecule has 2 unspecified atom stereocenters. The van der Waals surface area contributed by atoms with Crippen LogP contribution in [0.2, 0.25) is 0 Å². The van der Waals surface area contributed by atoms with Crippen LogP contribution in [0.4, 0.5) is 4.39 Å². The minimum absolute atomic E-state index is 0.168. The monoisotopic (exact) mass is 342 g/mol. The van der Waals surface area contributed by atoms with Crippen molar-refractivity contribution in [2.24, 2.45) is 11.7 Å². The van der Waals surface area contributed by atoms with E-state index < -0.39 is 0 Å². The molecule has 1 aliphatic rings. The first-order valence-electron chi connectivity index (χ1n) is 7.53. The van der Waals surface area contributed by atoms with Crippen molar-refractivity contribution >= 4 is 15.9 Å². The quantitative estimate of drug-likeness (QED) is 0.878. The maximum atomic E-state index is 13.4. The molecule has 4 heteroatoms. The molecule has 1 saturated carbocycles. The van der Waals surface area contributed by atoms with E-state index in [0.29, 0.717) is 12.0 Å². The highest BCUT2D eigenvalue weighted by Crippen LogP contribution is 2.30. The fourth-order valence-corrected chi connectivity index (χ4v) is 3.66. The Morgan fingerprint density at radius 2 is 2.10 bits per heavy atom. The fourth-order valence-electron chi connectivity index (χ4n) is 3.29. The van der Waals surface area contributed by atoms with Crippen molar-refractivity contribution in [1.29, 1.82) is 0 Å². The molecule has 1 fully saturated rings. The third-order valence-electron chi connectivity index (χ3n) is 4.43. The Morgan fingerprint density at radius 3 is 2.80 bits per heavy atom. The molecule has 2 N–H and O–H groups in total. The van der Waals surface area contributed by atoms with Gasteiger partial charge in [0.15, 0.2) is 0 Å². The predicted octanol–water partition coefficient (Wildman–Crippen LogP) is 3.93. The largest absolute Gasteiger partial charge is 0.330 e. The Bertz CT molecular complexity index is 438. The lowest BCUT2D eigenvalue weighted by Gasteiger charge is -2.39. The molecule has 1 aromatic rings. The van der Waals surface area contributed by atoms with Crippen molar-refractivity contribution in [2.45, 2.75) is 45.2 Å². The number of rotatable bonds is 5. The maximum Gasteiger partial charge on any atom is 0.123 e. The van der Waals surface area contributed by atoms with Gasteiger partial charge in [-0.25, -0.2) is 4.39 Å². The van der Waals surface area contributed by atoms with Crippen molar-refractivity contribution in [1.82, 2.24) is 4.90 Å². The normalized spacial score (nSPS) is 23.2. The van der Waals surface area contributed by atoms with E-state index in [4.69, 9.17) is 5.73 Å². The molecule has 0 aliphatic heterocycles. The molecular weight excluding hydrogens is 319 g/mol. The highest BCUT2D eigenvalue weighted by Gasteiger charge is 2.28. The van der Waals surface area contributed by atoms with E-state index in [-0.39, 0.29) is 5.82 Å². The summed E-state index contributed by atoms with van der Waals surface area (Å²) in [7, 11) is 0. The van der Waals surface area contributed by atoms with Crippen molar-refractivity contribution in [3.63, 3.8) is 0 Å². The molecule has 0 amide bonds. The molecule has 0 aromatic heterocycles. The molecule has 2 nitrogen and oxygen atoms in total. The summed E-state index contributed by atoms with van der Waals surface area (Å²) in [5.74, 6) is 0.411. The van der Waals surface area contributed by atoms with Gasteiger partial charge in [0.05, 0.1) is 0 Å². The van der Waals surface area contributed by atoms with Gasteiger partial charge in [-0.2, -0.15) is 0 Å². The van der Waals surface area contributed by atoms with Gasteiger partial charge in [0.25, 0.3) is 0 Å². The Labute approximate surface area is 129 Å². The molecular formula is C16H24BrFN2. The van der Waals surface area contributed by atoms with Crippen LogP contribution in [-0.2, 0) is 6.54 Å². The molecule has 1 aromatic carbocycles. The van der Waals surface area contributed by atoms with Gasteiger partial charge >= 0.3 is 0 Å². The van der Waals surface area contributed by atoms with Gasteiger partial charge < -0.3 is 5.73 Å². The van der Waals surface area contributed by atoms with Crippen LogP contribution in [0.3, 0.4) is 0 Å². The minimum Gasteiger partial charge on any atom is -0.330 e. The highest BCUT2D eigenvalue weighted by molar-refractivity contribution is 9.10. The van der Waals surface area contributed by atoms with Crippen LogP contribution in [0.5, 0.6) is 0 Å². The van der Waals surface area contributed by atoms with Crippen molar-refractivity contribution in [3.05, 3.63) is 34.1 Å². The summed E-state index contributed by atoms with van der Waals surface area (Å²) >= 11 is 3.53. The Morgan fingerprint density at radius 1 is 1.35 bits per heavy atom. The second kappa shape index (κ2) is 7.53. The van der Waals surface area contributed by atoms with Gasteiger partial charge in [0.2, 0.25) is 0 Å². The molecule has 2 rings (SSSR count). The average Bonchev–Trinajstić information content (AvgIpc) is 2.48. The zero-order valence-corrected chi connectivity index (χ0v) is 13.7. The van der Waals surface area contributed by atoms with E-state index in [9.17, 15) is 4.39 Å². The third kappa shape index (κ3) is 3.80. The first-order chi connectivity index (χ1) is 9.65. The van der Waals surface area contributed by atoms with Crippen LogP contribution in [0.15, 0.2) is 22.7 Å². The molecule has 0 radical (unpaired) electrons.